The maximum Gasteiger partial charge on any atom is 0.123 e. The van der Waals surface area contributed by atoms with Gasteiger partial charge in [0.2, 0.25) is 0 Å². The molecule has 1 aliphatic heterocycles. The summed E-state index contributed by atoms with van der Waals surface area (Å²) < 4.78 is 5.74. The lowest BCUT2D eigenvalue weighted by atomic mass is 9.98. The molecule has 0 aromatic heterocycles. The van der Waals surface area contributed by atoms with E-state index >= 15 is 0 Å². The Bertz CT molecular complexity index is 679. The van der Waals surface area contributed by atoms with Gasteiger partial charge >= 0.3 is 0 Å². The van der Waals surface area contributed by atoms with Gasteiger partial charge in [-0.1, -0.05) is 24.3 Å². The Kier molecular flexibility index (Phi) is 2.07. The van der Waals surface area contributed by atoms with E-state index in [2.05, 4.69) is 48.5 Å². The highest BCUT2D eigenvalue weighted by Gasteiger charge is 2.11. The van der Waals surface area contributed by atoms with Gasteiger partial charge in [-0.25, -0.2) is 0 Å². The molecule has 1 heteroatoms. The van der Waals surface area contributed by atoms with E-state index in [1.54, 1.807) is 0 Å². The fourth-order valence-electron chi connectivity index (χ4n) is 2.79. The second-order valence-electron chi connectivity index (χ2n) is 4.96. The van der Waals surface area contributed by atoms with Crippen LogP contribution in [0.25, 0.3) is 21.5 Å². The summed E-state index contributed by atoms with van der Waals surface area (Å²) in [6.45, 7) is 0.853. The average molecular weight is 234 g/mol. The van der Waals surface area contributed by atoms with Crippen molar-refractivity contribution in [1.29, 1.82) is 0 Å². The fraction of sp³-hybridized carbons (Fsp3) is 0.176. The summed E-state index contributed by atoms with van der Waals surface area (Å²) >= 11 is 0. The Morgan fingerprint density at radius 3 is 2.28 bits per heavy atom. The van der Waals surface area contributed by atoms with Crippen molar-refractivity contribution in [3.63, 3.8) is 0 Å². The van der Waals surface area contributed by atoms with E-state index in [4.69, 9.17) is 4.74 Å². The summed E-state index contributed by atoms with van der Waals surface area (Å²) in [5.41, 5.74) is 1.35. The first-order valence-corrected chi connectivity index (χ1v) is 6.48. The molecule has 0 aliphatic carbocycles. The van der Waals surface area contributed by atoms with Gasteiger partial charge in [-0.2, -0.15) is 0 Å². The minimum absolute atomic E-state index is 0.853. The smallest absolute Gasteiger partial charge is 0.123 e. The molecule has 4 rings (SSSR count). The van der Waals surface area contributed by atoms with E-state index < -0.39 is 0 Å². The van der Waals surface area contributed by atoms with Crippen LogP contribution >= 0.6 is 0 Å². The van der Waals surface area contributed by atoms with Crippen molar-refractivity contribution in [2.75, 3.05) is 6.61 Å². The fourth-order valence-corrected chi connectivity index (χ4v) is 2.79. The Balaban J connectivity index is 2.05. The molecule has 0 unspecified atom stereocenters. The number of fused-ring (bicyclic) bond motifs is 3. The molecule has 0 N–H and O–H groups in total. The van der Waals surface area contributed by atoms with E-state index in [0.717, 1.165) is 25.2 Å². The zero-order valence-electron chi connectivity index (χ0n) is 10.1. The van der Waals surface area contributed by atoms with E-state index in [-0.39, 0.29) is 0 Å². The third-order valence-corrected chi connectivity index (χ3v) is 3.73. The number of hydrogen-bond donors (Lipinski definition) is 0. The van der Waals surface area contributed by atoms with Crippen LogP contribution in [0.1, 0.15) is 12.0 Å². The number of hydrogen-bond acceptors (Lipinski definition) is 1. The van der Waals surface area contributed by atoms with Crippen LogP contribution in [0, 0.1) is 0 Å². The van der Waals surface area contributed by atoms with Crippen molar-refractivity contribution in [3.05, 3.63) is 54.1 Å². The van der Waals surface area contributed by atoms with Gasteiger partial charge in [0.05, 0.1) is 6.61 Å². The summed E-state index contributed by atoms with van der Waals surface area (Å²) in [7, 11) is 0. The maximum absolute atomic E-state index is 5.74. The van der Waals surface area contributed by atoms with Gasteiger partial charge in [0.1, 0.15) is 5.75 Å². The summed E-state index contributed by atoms with van der Waals surface area (Å²) in [6.07, 6.45) is 2.27. The maximum atomic E-state index is 5.74. The zero-order chi connectivity index (χ0) is 11.9. The number of aryl methyl sites for hydroxylation is 1. The topological polar surface area (TPSA) is 9.23 Å². The quantitative estimate of drug-likeness (QED) is 0.526. The predicted molar refractivity (Wildman–Crippen MR) is 75.3 cm³/mol. The van der Waals surface area contributed by atoms with Gasteiger partial charge in [0.25, 0.3) is 0 Å². The highest BCUT2D eigenvalue weighted by molar-refractivity contribution is 5.99. The lowest BCUT2D eigenvalue weighted by molar-refractivity contribution is 0.289. The van der Waals surface area contributed by atoms with Crippen molar-refractivity contribution in [3.8, 4) is 5.75 Å². The van der Waals surface area contributed by atoms with Crippen LogP contribution in [0.15, 0.2) is 48.5 Å². The second kappa shape index (κ2) is 3.74. The average Bonchev–Trinajstić information content (AvgIpc) is 2.42. The van der Waals surface area contributed by atoms with Crippen LogP contribution in [-0.2, 0) is 6.42 Å². The van der Waals surface area contributed by atoms with Crippen LogP contribution in [0.3, 0.4) is 0 Å². The molecular formula is C17H14O. The molecule has 0 fully saturated rings. The zero-order valence-corrected chi connectivity index (χ0v) is 10.1. The molecule has 3 aromatic carbocycles. The third-order valence-electron chi connectivity index (χ3n) is 3.73. The van der Waals surface area contributed by atoms with Crippen molar-refractivity contribution in [2.45, 2.75) is 12.8 Å². The van der Waals surface area contributed by atoms with E-state index in [1.165, 1.54) is 27.1 Å². The monoisotopic (exact) mass is 234 g/mol. The molecular weight excluding hydrogens is 220 g/mol. The van der Waals surface area contributed by atoms with Crippen molar-refractivity contribution < 1.29 is 4.74 Å². The Morgan fingerprint density at radius 1 is 0.778 bits per heavy atom. The molecule has 1 nitrogen and oxygen atoms in total. The first-order chi connectivity index (χ1) is 8.90. The molecule has 3 aromatic rings. The summed E-state index contributed by atoms with van der Waals surface area (Å²) in [5, 5.41) is 5.19. The predicted octanol–water partition coefficient (Wildman–Crippen LogP) is 4.32. The van der Waals surface area contributed by atoms with Crippen molar-refractivity contribution >= 4 is 21.5 Å². The van der Waals surface area contributed by atoms with E-state index in [1.807, 2.05) is 0 Å². The van der Waals surface area contributed by atoms with Gasteiger partial charge in [0.15, 0.2) is 0 Å². The largest absolute Gasteiger partial charge is 0.493 e. The van der Waals surface area contributed by atoms with Crippen molar-refractivity contribution in [2.24, 2.45) is 0 Å². The first kappa shape index (κ1) is 9.95. The van der Waals surface area contributed by atoms with Gasteiger partial charge in [-0.05, 0) is 64.2 Å². The molecule has 0 radical (unpaired) electrons. The number of benzene rings is 3. The Labute approximate surface area is 106 Å². The second-order valence-corrected chi connectivity index (χ2v) is 4.96. The molecule has 0 saturated heterocycles. The Morgan fingerprint density at radius 2 is 1.50 bits per heavy atom. The van der Waals surface area contributed by atoms with Crippen LogP contribution in [0.5, 0.6) is 5.75 Å². The molecule has 0 atom stereocenters. The molecule has 1 aliphatic rings. The summed E-state index contributed by atoms with van der Waals surface area (Å²) in [6, 6.07) is 17.5. The van der Waals surface area contributed by atoms with Gasteiger partial charge < -0.3 is 4.74 Å². The molecule has 0 amide bonds. The number of ether oxygens (including phenoxy) is 1. The molecule has 0 saturated carbocycles. The molecule has 1 heterocycles. The van der Waals surface area contributed by atoms with E-state index in [9.17, 15) is 0 Å². The van der Waals surface area contributed by atoms with Crippen molar-refractivity contribution in [1.82, 2.24) is 0 Å². The highest BCUT2D eigenvalue weighted by atomic mass is 16.5. The third kappa shape index (κ3) is 1.47. The van der Waals surface area contributed by atoms with Crippen LogP contribution in [0.2, 0.25) is 0 Å². The normalized spacial score (nSPS) is 14.4. The molecule has 0 bridgehead atoms. The molecule has 0 spiro atoms. The van der Waals surface area contributed by atoms with E-state index in [0.29, 0.717) is 0 Å². The van der Waals surface area contributed by atoms with Crippen LogP contribution in [-0.4, -0.2) is 6.61 Å². The first-order valence-electron chi connectivity index (χ1n) is 6.48. The summed E-state index contributed by atoms with van der Waals surface area (Å²) in [4.78, 5) is 0. The minimum atomic E-state index is 0.853. The van der Waals surface area contributed by atoms with Gasteiger partial charge in [0, 0.05) is 0 Å². The van der Waals surface area contributed by atoms with Gasteiger partial charge in [-0.3, -0.25) is 0 Å². The van der Waals surface area contributed by atoms with Gasteiger partial charge in [-0.15, -0.1) is 0 Å². The Hall–Kier alpha value is -2.02. The lowest BCUT2D eigenvalue weighted by Gasteiger charge is -2.18. The van der Waals surface area contributed by atoms with Crippen LogP contribution < -0.4 is 4.74 Å². The van der Waals surface area contributed by atoms with Crippen LogP contribution in [0.4, 0.5) is 0 Å². The number of rotatable bonds is 0. The highest BCUT2D eigenvalue weighted by Crippen LogP contribution is 2.32. The molecule has 18 heavy (non-hydrogen) atoms. The lowest BCUT2D eigenvalue weighted by Crippen LogP contribution is -2.07. The SMILES string of the molecule is c1ccc2cc3cc4c(cc3cc2c1)CCCO4. The standard InChI is InChI=1S/C17H14O/c1-2-5-13-9-16-11-17-14(6-3-7-18-17)10-15(16)8-12(13)4-1/h1-2,4-5,8-11H,3,6-7H2. The minimum Gasteiger partial charge on any atom is -0.493 e. The summed E-state index contributed by atoms with van der Waals surface area (Å²) in [5.74, 6) is 1.07. The molecule has 88 valence electrons.